The number of nitrogens with zero attached hydrogens (tertiary/aromatic N) is 2. The number of methoxy groups -OCH3 is 2. The molecule has 3 aromatic rings. The van der Waals surface area contributed by atoms with Gasteiger partial charge in [-0.25, -0.2) is 4.57 Å². The molecule has 0 saturated heterocycles. The monoisotopic (exact) mass is 349 g/mol. The van der Waals surface area contributed by atoms with E-state index in [1.165, 1.54) is 5.56 Å². The second-order valence-electron chi connectivity index (χ2n) is 5.98. The van der Waals surface area contributed by atoms with Crippen LogP contribution in [-0.2, 0) is 6.54 Å². The van der Waals surface area contributed by atoms with E-state index in [2.05, 4.69) is 24.0 Å². The molecule has 3 rings (SSSR count). The molecular formula is C21H21N2O3+. The Morgan fingerprint density at radius 3 is 2.50 bits per heavy atom. The molecule has 1 aromatic heterocycles. The first-order chi connectivity index (χ1) is 12.6. The van der Waals surface area contributed by atoms with Crippen LogP contribution in [0.4, 0.5) is 0 Å². The van der Waals surface area contributed by atoms with Gasteiger partial charge in [0.15, 0.2) is 23.7 Å². The third-order valence-electron chi connectivity index (χ3n) is 4.11. The predicted octanol–water partition coefficient (Wildman–Crippen LogP) is 3.24. The SMILES string of the molecule is COc1ccc(C(=O)C[n+]2ccc(-c3cccc(C)c3)nc2)cc1OC. The zero-order chi connectivity index (χ0) is 18.5. The van der Waals surface area contributed by atoms with Crippen LogP contribution in [0.25, 0.3) is 11.3 Å². The molecule has 2 aromatic carbocycles. The third kappa shape index (κ3) is 3.88. The fourth-order valence-corrected chi connectivity index (χ4v) is 2.72. The third-order valence-corrected chi connectivity index (χ3v) is 4.11. The molecule has 0 spiro atoms. The first-order valence-corrected chi connectivity index (χ1v) is 8.28. The summed E-state index contributed by atoms with van der Waals surface area (Å²) in [4.78, 5) is 17.0. The van der Waals surface area contributed by atoms with E-state index in [0.717, 1.165) is 11.3 Å². The second-order valence-corrected chi connectivity index (χ2v) is 5.98. The quantitative estimate of drug-likeness (QED) is 0.506. The molecule has 132 valence electrons. The van der Waals surface area contributed by atoms with Crippen LogP contribution in [0.3, 0.4) is 0 Å². The molecule has 0 aliphatic carbocycles. The minimum Gasteiger partial charge on any atom is -0.493 e. The molecule has 0 atom stereocenters. The standard InChI is InChI=1S/C21H21N2O3/c1-15-5-4-6-16(11-15)18-9-10-23(14-22-18)13-19(24)17-7-8-20(25-2)21(12-17)26-3/h4-12,14H,13H2,1-3H3/q+1. The number of carbonyl (C=O) groups is 1. The highest BCUT2D eigenvalue weighted by Gasteiger charge is 2.14. The zero-order valence-electron chi connectivity index (χ0n) is 15.1. The Balaban J connectivity index is 1.76. The molecule has 0 N–H and O–H groups in total. The van der Waals surface area contributed by atoms with E-state index in [9.17, 15) is 4.79 Å². The van der Waals surface area contributed by atoms with Gasteiger partial charge in [-0.15, -0.1) is 0 Å². The summed E-state index contributed by atoms with van der Waals surface area (Å²) in [5.74, 6) is 1.11. The van der Waals surface area contributed by atoms with Crippen LogP contribution in [0, 0.1) is 6.92 Å². The van der Waals surface area contributed by atoms with Gasteiger partial charge in [-0.3, -0.25) is 4.79 Å². The van der Waals surface area contributed by atoms with E-state index < -0.39 is 0 Å². The fraction of sp³-hybridized carbons (Fsp3) is 0.190. The summed E-state index contributed by atoms with van der Waals surface area (Å²) in [6.07, 6.45) is 3.54. The molecule has 0 aliphatic rings. The van der Waals surface area contributed by atoms with Crippen LogP contribution < -0.4 is 14.0 Å². The first-order valence-electron chi connectivity index (χ1n) is 8.28. The summed E-state index contributed by atoms with van der Waals surface area (Å²) >= 11 is 0. The van der Waals surface area contributed by atoms with Crippen LogP contribution in [-0.4, -0.2) is 25.0 Å². The van der Waals surface area contributed by atoms with Crippen LogP contribution >= 0.6 is 0 Å². The summed E-state index contributed by atoms with van der Waals surface area (Å²) in [7, 11) is 3.12. The summed E-state index contributed by atoms with van der Waals surface area (Å²) < 4.78 is 12.2. The Bertz CT molecular complexity index is 921. The Morgan fingerprint density at radius 1 is 1.04 bits per heavy atom. The summed E-state index contributed by atoms with van der Waals surface area (Å²) in [5.41, 5.74) is 3.69. The van der Waals surface area contributed by atoms with Gasteiger partial charge in [0.1, 0.15) is 0 Å². The van der Waals surface area contributed by atoms with Crippen LogP contribution in [0.5, 0.6) is 11.5 Å². The minimum atomic E-state index is -0.0268. The highest BCUT2D eigenvalue weighted by atomic mass is 16.5. The molecule has 0 radical (unpaired) electrons. The predicted molar refractivity (Wildman–Crippen MR) is 98.5 cm³/mol. The smallest absolute Gasteiger partial charge is 0.287 e. The van der Waals surface area contributed by atoms with E-state index in [0.29, 0.717) is 17.1 Å². The lowest BCUT2D eigenvalue weighted by Gasteiger charge is -2.08. The van der Waals surface area contributed by atoms with Crippen molar-refractivity contribution in [1.82, 2.24) is 4.98 Å². The summed E-state index contributed by atoms with van der Waals surface area (Å²) in [5, 5.41) is 0. The average molecular weight is 349 g/mol. The molecule has 0 fully saturated rings. The van der Waals surface area contributed by atoms with Crippen molar-refractivity contribution in [3.63, 3.8) is 0 Å². The lowest BCUT2D eigenvalue weighted by Crippen LogP contribution is -2.37. The molecule has 0 saturated carbocycles. The van der Waals surface area contributed by atoms with Crippen molar-refractivity contribution in [2.75, 3.05) is 14.2 Å². The Labute approximate surface area is 152 Å². The van der Waals surface area contributed by atoms with Gasteiger partial charge in [0.25, 0.3) is 6.33 Å². The van der Waals surface area contributed by atoms with Gasteiger partial charge >= 0.3 is 0 Å². The molecular weight excluding hydrogens is 328 g/mol. The largest absolute Gasteiger partial charge is 0.493 e. The highest BCUT2D eigenvalue weighted by Crippen LogP contribution is 2.27. The average Bonchev–Trinajstić information content (AvgIpc) is 2.68. The summed E-state index contributed by atoms with van der Waals surface area (Å²) in [6.45, 7) is 2.25. The number of rotatable bonds is 6. The van der Waals surface area contributed by atoms with Crippen molar-refractivity contribution in [3.8, 4) is 22.8 Å². The van der Waals surface area contributed by atoms with E-state index in [1.807, 2.05) is 24.4 Å². The fourth-order valence-electron chi connectivity index (χ4n) is 2.72. The normalized spacial score (nSPS) is 10.4. The number of ketones is 1. The van der Waals surface area contributed by atoms with E-state index in [-0.39, 0.29) is 12.3 Å². The first kappa shape index (κ1) is 17.6. The van der Waals surface area contributed by atoms with Crippen molar-refractivity contribution >= 4 is 5.78 Å². The molecule has 0 aliphatic heterocycles. The Hall–Kier alpha value is -3.21. The highest BCUT2D eigenvalue weighted by molar-refractivity contribution is 5.95. The number of aromatic nitrogens is 2. The van der Waals surface area contributed by atoms with E-state index in [4.69, 9.17) is 9.47 Å². The van der Waals surface area contributed by atoms with E-state index in [1.54, 1.807) is 43.3 Å². The number of Topliss-reactive ketones (excluding diaryl/α,β-unsaturated/α-hetero) is 1. The molecule has 0 unspecified atom stereocenters. The van der Waals surface area contributed by atoms with Gasteiger partial charge in [0.05, 0.1) is 20.4 Å². The molecule has 5 nitrogen and oxygen atoms in total. The molecule has 26 heavy (non-hydrogen) atoms. The zero-order valence-corrected chi connectivity index (χ0v) is 15.1. The number of carbonyl (C=O) groups excluding carboxylic acids is 1. The number of hydrogen-bond acceptors (Lipinski definition) is 4. The maximum absolute atomic E-state index is 12.5. The van der Waals surface area contributed by atoms with Gasteiger partial charge in [-0.2, -0.15) is 0 Å². The van der Waals surface area contributed by atoms with Gasteiger partial charge in [-0.05, 0) is 36.2 Å². The van der Waals surface area contributed by atoms with Crippen LogP contribution in [0.1, 0.15) is 15.9 Å². The topological polar surface area (TPSA) is 52.3 Å². The number of hydrogen-bond donors (Lipinski definition) is 0. The van der Waals surface area contributed by atoms with Crippen molar-refractivity contribution in [3.05, 3.63) is 72.2 Å². The number of benzene rings is 2. The molecule has 0 amide bonds. The van der Waals surface area contributed by atoms with E-state index >= 15 is 0 Å². The lowest BCUT2D eigenvalue weighted by atomic mass is 10.1. The lowest BCUT2D eigenvalue weighted by molar-refractivity contribution is -0.686. The van der Waals surface area contributed by atoms with Crippen LogP contribution in [0.2, 0.25) is 0 Å². The van der Waals surface area contributed by atoms with Crippen molar-refractivity contribution in [1.29, 1.82) is 0 Å². The van der Waals surface area contributed by atoms with Crippen molar-refractivity contribution in [2.24, 2.45) is 0 Å². The van der Waals surface area contributed by atoms with Crippen molar-refractivity contribution in [2.45, 2.75) is 13.5 Å². The van der Waals surface area contributed by atoms with Gasteiger partial charge in [0.2, 0.25) is 5.78 Å². The second kappa shape index (κ2) is 7.78. The Kier molecular flexibility index (Phi) is 5.27. The van der Waals surface area contributed by atoms with Gasteiger partial charge in [-0.1, -0.05) is 23.8 Å². The van der Waals surface area contributed by atoms with Gasteiger partial charge in [0, 0.05) is 17.2 Å². The maximum atomic E-state index is 12.5. The molecule has 1 heterocycles. The summed E-state index contributed by atoms with van der Waals surface area (Å²) in [6, 6.07) is 15.2. The Morgan fingerprint density at radius 2 is 1.85 bits per heavy atom. The van der Waals surface area contributed by atoms with Crippen molar-refractivity contribution < 1.29 is 18.8 Å². The molecule has 0 bridgehead atoms. The van der Waals surface area contributed by atoms with Gasteiger partial charge < -0.3 is 9.47 Å². The van der Waals surface area contributed by atoms with Crippen LogP contribution in [0.15, 0.2) is 61.1 Å². The number of ether oxygens (including phenoxy) is 2. The maximum Gasteiger partial charge on any atom is 0.287 e. The molecule has 5 heteroatoms. The number of aryl methyl sites for hydroxylation is 1. The minimum absolute atomic E-state index is 0.0268.